The number of benzene rings is 1. The van der Waals surface area contributed by atoms with Gasteiger partial charge in [-0.15, -0.1) is 0 Å². The van der Waals surface area contributed by atoms with Gasteiger partial charge in [-0.25, -0.2) is 0 Å². The second-order valence-corrected chi connectivity index (χ2v) is 4.11. The molecule has 1 aromatic carbocycles. The fourth-order valence-electron chi connectivity index (χ4n) is 1.83. The maximum atomic E-state index is 5.97. The zero-order valence-corrected chi connectivity index (χ0v) is 9.19. The Hall–Kier alpha value is -1.06. The van der Waals surface area contributed by atoms with Crippen LogP contribution in [0.25, 0.3) is 0 Å². The number of ether oxygens (including phenoxy) is 2. The first kappa shape index (κ1) is 10.5. The molecule has 1 aliphatic rings. The van der Waals surface area contributed by atoms with Gasteiger partial charge in [0.25, 0.3) is 0 Å². The van der Waals surface area contributed by atoms with Gasteiger partial charge in [0.1, 0.15) is 5.75 Å². The van der Waals surface area contributed by atoms with Crippen molar-refractivity contribution in [2.75, 3.05) is 6.61 Å². The third-order valence-corrected chi connectivity index (χ3v) is 2.48. The SMILES string of the molecule is CC(C)Oc1cccc2c1COC[C@@H]2N. The molecule has 2 N–H and O–H groups in total. The molecule has 0 spiro atoms. The van der Waals surface area contributed by atoms with Gasteiger partial charge in [0.15, 0.2) is 0 Å². The Morgan fingerprint density at radius 3 is 3.00 bits per heavy atom. The van der Waals surface area contributed by atoms with Gasteiger partial charge in [-0.1, -0.05) is 12.1 Å². The van der Waals surface area contributed by atoms with Crippen LogP contribution < -0.4 is 10.5 Å². The predicted octanol–water partition coefficient (Wildman–Crippen LogP) is 2.00. The largest absolute Gasteiger partial charge is 0.491 e. The molecule has 0 fully saturated rings. The molecule has 1 aromatic rings. The number of fused-ring (bicyclic) bond motifs is 1. The quantitative estimate of drug-likeness (QED) is 0.806. The zero-order chi connectivity index (χ0) is 10.8. The smallest absolute Gasteiger partial charge is 0.125 e. The molecule has 2 rings (SSSR count). The van der Waals surface area contributed by atoms with Gasteiger partial charge in [-0.2, -0.15) is 0 Å². The lowest BCUT2D eigenvalue weighted by Crippen LogP contribution is -2.24. The molecule has 0 bridgehead atoms. The molecule has 0 saturated heterocycles. The number of hydrogen-bond donors (Lipinski definition) is 1. The van der Waals surface area contributed by atoms with Gasteiger partial charge < -0.3 is 15.2 Å². The summed E-state index contributed by atoms with van der Waals surface area (Å²) in [5.41, 5.74) is 8.22. The molecule has 0 aromatic heterocycles. The third kappa shape index (κ3) is 2.13. The van der Waals surface area contributed by atoms with E-state index in [0.29, 0.717) is 13.2 Å². The number of hydrogen-bond acceptors (Lipinski definition) is 3. The Bertz CT molecular complexity index is 349. The Morgan fingerprint density at radius 1 is 1.47 bits per heavy atom. The average molecular weight is 207 g/mol. The van der Waals surface area contributed by atoms with Crippen LogP contribution in [0.1, 0.15) is 31.0 Å². The summed E-state index contributed by atoms with van der Waals surface area (Å²) in [6.07, 6.45) is 0.176. The molecule has 0 amide bonds. The van der Waals surface area contributed by atoms with E-state index in [9.17, 15) is 0 Å². The second-order valence-electron chi connectivity index (χ2n) is 4.11. The highest BCUT2D eigenvalue weighted by Crippen LogP contribution is 2.31. The summed E-state index contributed by atoms with van der Waals surface area (Å²) in [5, 5.41) is 0. The normalized spacial score (nSPS) is 20.1. The Morgan fingerprint density at radius 2 is 2.27 bits per heavy atom. The summed E-state index contributed by atoms with van der Waals surface area (Å²) in [5.74, 6) is 0.901. The first-order chi connectivity index (χ1) is 7.18. The van der Waals surface area contributed by atoms with Gasteiger partial charge in [-0.3, -0.25) is 0 Å². The van der Waals surface area contributed by atoms with E-state index >= 15 is 0 Å². The fourth-order valence-corrected chi connectivity index (χ4v) is 1.83. The number of nitrogens with two attached hydrogens (primary N) is 1. The first-order valence-corrected chi connectivity index (χ1v) is 5.30. The van der Waals surface area contributed by atoms with E-state index in [0.717, 1.165) is 16.9 Å². The van der Waals surface area contributed by atoms with Gasteiger partial charge in [0.05, 0.1) is 25.4 Å². The van der Waals surface area contributed by atoms with E-state index in [1.807, 2.05) is 26.0 Å². The van der Waals surface area contributed by atoms with Crippen molar-refractivity contribution in [2.24, 2.45) is 5.73 Å². The van der Waals surface area contributed by atoms with Gasteiger partial charge in [-0.05, 0) is 25.5 Å². The summed E-state index contributed by atoms with van der Waals surface area (Å²) >= 11 is 0. The van der Waals surface area contributed by atoms with Crippen LogP contribution in [0.2, 0.25) is 0 Å². The van der Waals surface area contributed by atoms with Crippen LogP contribution >= 0.6 is 0 Å². The van der Waals surface area contributed by atoms with Crippen molar-refractivity contribution < 1.29 is 9.47 Å². The molecule has 15 heavy (non-hydrogen) atoms. The average Bonchev–Trinajstić information content (AvgIpc) is 2.19. The first-order valence-electron chi connectivity index (χ1n) is 5.30. The molecule has 82 valence electrons. The van der Waals surface area contributed by atoms with Crippen molar-refractivity contribution in [3.05, 3.63) is 29.3 Å². The van der Waals surface area contributed by atoms with Gasteiger partial charge in [0, 0.05) is 5.56 Å². The van der Waals surface area contributed by atoms with Gasteiger partial charge >= 0.3 is 0 Å². The zero-order valence-electron chi connectivity index (χ0n) is 9.19. The van der Waals surface area contributed by atoms with Gasteiger partial charge in [0.2, 0.25) is 0 Å². The van der Waals surface area contributed by atoms with Crippen LogP contribution in [0, 0.1) is 0 Å². The summed E-state index contributed by atoms with van der Waals surface area (Å²) < 4.78 is 11.2. The highest BCUT2D eigenvalue weighted by molar-refractivity contribution is 5.42. The predicted molar refractivity (Wildman–Crippen MR) is 58.8 cm³/mol. The molecule has 1 heterocycles. The fraction of sp³-hybridized carbons (Fsp3) is 0.500. The van der Waals surface area contributed by atoms with Crippen molar-refractivity contribution in [3.63, 3.8) is 0 Å². The lowest BCUT2D eigenvalue weighted by molar-refractivity contribution is 0.0883. The van der Waals surface area contributed by atoms with E-state index in [-0.39, 0.29) is 12.1 Å². The third-order valence-electron chi connectivity index (χ3n) is 2.48. The van der Waals surface area contributed by atoms with Crippen molar-refractivity contribution in [3.8, 4) is 5.75 Å². The van der Waals surface area contributed by atoms with Crippen molar-refractivity contribution in [1.82, 2.24) is 0 Å². The molecule has 0 aliphatic carbocycles. The molecule has 1 atom stereocenters. The second kappa shape index (κ2) is 4.21. The molecule has 3 heteroatoms. The number of rotatable bonds is 2. The monoisotopic (exact) mass is 207 g/mol. The van der Waals surface area contributed by atoms with Crippen LogP contribution in [-0.4, -0.2) is 12.7 Å². The van der Waals surface area contributed by atoms with E-state index in [1.165, 1.54) is 0 Å². The van der Waals surface area contributed by atoms with Crippen LogP contribution in [0.4, 0.5) is 0 Å². The lowest BCUT2D eigenvalue weighted by atomic mass is 9.99. The van der Waals surface area contributed by atoms with E-state index in [1.54, 1.807) is 0 Å². The van der Waals surface area contributed by atoms with E-state index in [4.69, 9.17) is 15.2 Å². The highest BCUT2D eigenvalue weighted by Gasteiger charge is 2.20. The van der Waals surface area contributed by atoms with Crippen molar-refractivity contribution in [2.45, 2.75) is 32.6 Å². The molecular weight excluding hydrogens is 190 g/mol. The Balaban J connectivity index is 2.35. The summed E-state index contributed by atoms with van der Waals surface area (Å²) in [7, 11) is 0. The van der Waals surface area contributed by atoms with Crippen LogP contribution in [-0.2, 0) is 11.3 Å². The Kier molecular flexibility index (Phi) is 2.93. The summed E-state index contributed by atoms with van der Waals surface area (Å²) in [6.45, 7) is 5.23. The van der Waals surface area contributed by atoms with Crippen LogP contribution in [0.3, 0.4) is 0 Å². The molecule has 3 nitrogen and oxygen atoms in total. The molecule has 0 radical (unpaired) electrons. The van der Waals surface area contributed by atoms with Crippen LogP contribution in [0.15, 0.2) is 18.2 Å². The highest BCUT2D eigenvalue weighted by atomic mass is 16.5. The van der Waals surface area contributed by atoms with Crippen molar-refractivity contribution >= 4 is 0 Å². The molecular formula is C12H17NO2. The molecule has 1 aliphatic heterocycles. The maximum absolute atomic E-state index is 5.97. The minimum Gasteiger partial charge on any atom is -0.491 e. The minimum absolute atomic E-state index is 0.0236. The standard InChI is InChI=1S/C12H17NO2/c1-8(2)15-12-5-3-4-9-10(12)6-14-7-11(9)13/h3-5,8,11H,6-7,13H2,1-2H3/t11-/m0/s1. The lowest BCUT2D eigenvalue weighted by Gasteiger charge is -2.25. The Labute approximate surface area is 90.2 Å². The topological polar surface area (TPSA) is 44.5 Å². The maximum Gasteiger partial charge on any atom is 0.125 e. The van der Waals surface area contributed by atoms with E-state index in [2.05, 4.69) is 6.07 Å². The van der Waals surface area contributed by atoms with Crippen LogP contribution in [0.5, 0.6) is 5.75 Å². The summed E-state index contributed by atoms with van der Waals surface area (Å²) in [6, 6.07) is 5.99. The van der Waals surface area contributed by atoms with Crippen molar-refractivity contribution in [1.29, 1.82) is 0 Å². The molecule has 0 saturated carbocycles. The minimum atomic E-state index is -0.0236. The summed E-state index contributed by atoms with van der Waals surface area (Å²) in [4.78, 5) is 0. The van der Waals surface area contributed by atoms with E-state index < -0.39 is 0 Å². The molecule has 0 unspecified atom stereocenters.